The minimum atomic E-state index is -4.85. The fourth-order valence-corrected chi connectivity index (χ4v) is 4.47. The largest absolute Gasteiger partial charge is 0.573 e. The number of alkyl halides is 3. The summed E-state index contributed by atoms with van der Waals surface area (Å²) in [4.78, 5) is 35.5. The van der Waals surface area contributed by atoms with Crippen LogP contribution in [0.5, 0.6) is 5.75 Å². The molecule has 2 aromatic heterocycles. The Labute approximate surface area is 227 Å². The number of para-hydroxylation sites is 1. The summed E-state index contributed by atoms with van der Waals surface area (Å²) in [6.45, 7) is 0.327. The normalized spacial score (nSPS) is 17.1. The smallest absolute Gasteiger partial charge is 0.405 e. The number of ether oxygens (including phenoxy) is 1. The van der Waals surface area contributed by atoms with Crippen molar-refractivity contribution in [3.63, 3.8) is 0 Å². The van der Waals surface area contributed by atoms with Crippen molar-refractivity contribution in [3.05, 3.63) is 76.2 Å². The molecule has 11 nitrogen and oxygen atoms in total. The molecule has 40 heavy (non-hydrogen) atoms. The molecule has 1 aromatic carbocycles. The molecule has 3 N–H and O–H groups in total. The summed E-state index contributed by atoms with van der Waals surface area (Å²) in [7, 11) is 0. The maximum absolute atomic E-state index is 12.7. The number of carbonyl (C=O) groups excluding carboxylic acids is 1. The van der Waals surface area contributed by atoms with Gasteiger partial charge in [-0.15, -0.1) is 13.2 Å². The molecular formula is C26H28F3N7O4. The second kappa shape index (κ2) is 13.0. The van der Waals surface area contributed by atoms with E-state index in [-0.39, 0.29) is 59.6 Å². The van der Waals surface area contributed by atoms with Gasteiger partial charge in [-0.2, -0.15) is 4.98 Å². The van der Waals surface area contributed by atoms with E-state index in [1.54, 1.807) is 24.4 Å². The van der Waals surface area contributed by atoms with Crippen LogP contribution in [0.25, 0.3) is 0 Å². The van der Waals surface area contributed by atoms with Crippen LogP contribution in [0.15, 0.2) is 54.9 Å². The highest BCUT2D eigenvalue weighted by molar-refractivity contribution is 5.78. The minimum absolute atomic E-state index is 0.00751. The third kappa shape index (κ3) is 8.51. The van der Waals surface area contributed by atoms with Crippen molar-refractivity contribution in [2.75, 3.05) is 17.2 Å². The quantitative estimate of drug-likeness (QED) is 0.226. The average Bonchev–Trinajstić information content (AvgIpc) is 2.92. The number of hydrogen-bond donors (Lipinski definition) is 3. The van der Waals surface area contributed by atoms with Gasteiger partial charge in [0.2, 0.25) is 17.7 Å². The highest BCUT2D eigenvalue weighted by Crippen LogP contribution is 2.29. The van der Waals surface area contributed by atoms with E-state index in [2.05, 4.69) is 35.6 Å². The molecule has 2 heterocycles. The third-order valence-corrected chi connectivity index (χ3v) is 6.44. The fraction of sp³-hybridized carbons (Fsp3) is 0.385. The van der Waals surface area contributed by atoms with Crippen LogP contribution >= 0.6 is 0 Å². The van der Waals surface area contributed by atoms with Crippen LogP contribution in [-0.4, -0.2) is 44.7 Å². The van der Waals surface area contributed by atoms with Gasteiger partial charge in [-0.25, -0.2) is 4.98 Å². The van der Waals surface area contributed by atoms with Crippen molar-refractivity contribution in [2.45, 2.75) is 51.1 Å². The standard InChI is InChI=1S/C26H28F3N7O4/c27-26(28,29)40-22-7-2-1-5-18(22)15-32-25-33-16-21(36(38)39)24(35-25)31-14-17-8-10-19(11-9-17)34-23(37)13-20-6-3-4-12-30-20/h1-7,12,16-17,19H,8-11,13-15H2,(H,34,37)(H2,31,32,33,35)/t17-,19-. The van der Waals surface area contributed by atoms with Crippen molar-refractivity contribution in [2.24, 2.45) is 5.92 Å². The van der Waals surface area contributed by atoms with Gasteiger partial charge < -0.3 is 20.7 Å². The van der Waals surface area contributed by atoms with Gasteiger partial charge in [-0.3, -0.25) is 19.9 Å². The monoisotopic (exact) mass is 559 g/mol. The van der Waals surface area contributed by atoms with E-state index in [0.717, 1.165) is 31.9 Å². The van der Waals surface area contributed by atoms with E-state index in [0.29, 0.717) is 12.2 Å². The van der Waals surface area contributed by atoms with Gasteiger partial charge in [0.25, 0.3) is 0 Å². The number of aromatic nitrogens is 3. The number of nitrogens with one attached hydrogen (secondary N) is 3. The van der Waals surface area contributed by atoms with Crippen LogP contribution in [0.1, 0.15) is 36.9 Å². The van der Waals surface area contributed by atoms with Crippen molar-refractivity contribution in [3.8, 4) is 5.75 Å². The van der Waals surface area contributed by atoms with Gasteiger partial charge in [0.05, 0.1) is 11.3 Å². The molecule has 1 fully saturated rings. The number of nitro groups is 1. The van der Waals surface area contributed by atoms with E-state index in [4.69, 9.17) is 0 Å². The van der Waals surface area contributed by atoms with E-state index in [1.165, 1.54) is 18.2 Å². The molecule has 0 unspecified atom stereocenters. The number of nitrogens with zero attached hydrogens (tertiary/aromatic N) is 4. The lowest BCUT2D eigenvalue weighted by Gasteiger charge is -2.29. The predicted octanol–water partition coefficient (Wildman–Crippen LogP) is 4.62. The number of halogens is 3. The van der Waals surface area contributed by atoms with Crippen molar-refractivity contribution in [1.82, 2.24) is 20.3 Å². The van der Waals surface area contributed by atoms with Crippen LogP contribution in [0.2, 0.25) is 0 Å². The zero-order chi connectivity index (χ0) is 28.5. The summed E-state index contributed by atoms with van der Waals surface area (Å²) < 4.78 is 42.1. The molecule has 3 aromatic rings. The summed E-state index contributed by atoms with van der Waals surface area (Å²) in [5, 5.41) is 20.4. The first-order chi connectivity index (χ1) is 19.2. The van der Waals surface area contributed by atoms with Crippen LogP contribution in [-0.2, 0) is 17.8 Å². The van der Waals surface area contributed by atoms with Crippen molar-refractivity contribution in [1.29, 1.82) is 0 Å². The fourth-order valence-electron chi connectivity index (χ4n) is 4.47. The Hall–Kier alpha value is -4.49. The number of hydrogen-bond acceptors (Lipinski definition) is 9. The Morgan fingerprint density at radius 1 is 1.05 bits per heavy atom. The maximum Gasteiger partial charge on any atom is 0.573 e. The van der Waals surface area contributed by atoms with Gasteiger partial charge in [0.1, 0.15) is 11.9 Å². The number of anilines is 2. The molecular weight excluding hydrogens is 531 g/mol. The Balaban J connectivity index is 1.30. The highest BCUT2D eigenvalue weighted by Gasteiger charge is 2.32. The Morgan fingerprint density at radius 3 is 2.50 bits per heavy atom. The number of rotatable bonds is 11. The van der Waals surface area contributed by atoms with Crippen LogP contribution in [0.3, 0.4) is 0 Å². The molecule has 0 atom stereocenters. The van der Waals surface area contributed by atoms with Gasteiger partial charge in [-0.05, 0) is 49.8 Å². The van der Waals surface area contributed by atoms with Crippen LogP contribution in [0, 0.1) is 16.0 Å². The summed E-state index contributed by atoms with van der Waals surface area (Å²) in [6, 6.07) is 11.1. The van der Waals surface area contributed by atoms with E-state index >= 15 is 0 Å². The minimum Gasteiger partial charge on any atom is -0.405 e. The number of benzene rings is 1. The Morgan fingerprint density at radius 2 is 1.80 bits per heavy atom. The summed E-state index contributed by atoms with van der Waals surface area (Å²) in [5.74, 6) is -0.223. The molecule has 212 valence electrons. The van der Waals surface area contributed by atoms with Crippen LogP contribution in [0.4, 0.5) is 30.6 Å². The highest BCUT2D eigenvalue weighted by atomic mass is 19.4. The van der Waals surface area contributed by atoms with Gasteiger partial charge in [0, 0.05) is 36.6 Å². The van der Waals surface area contributed by atoms with E-state index in [9.17, 15) is 28.1 Å². The van der Waals surface area contributed by atoms with Gasteiger partial charge in [0.15, 0.2) is 0 Å². The molecule has 4 rings (SSSR count). The maximum atomic E-state index is 12.7. The average molecular weight is 560 g/mol. The first-order valence-corrected chi connectivity index (χ1v) is 12.7. The zero-order valence-corrected chi connectivity index (χ0v) is 21.4. The van der Waals surface area contributed by atoms with E-state index < -0.39 is 11.3 Å². The molecule has 1 aliphatic carbocycles. The molecule has 0 radical (unpaired) electrons. The van der Waals surface area contributed by atoms with Crippen LogP contribution < -0.4 is 20.7 Å². The lowest BCUT2D eigenvalue weighted by Crippen LogP contribution is -2.39. The lowest BCUT2D eigenvalue weighted by atomic mass is 9.86. The SMILES string of the molecule is O=C(Cc1ccccn1)N[C@H]1CC[C@H](CNc2nc(NCc3ccccc3OC(F)(F)F)ncc2[N+](=O)[O-])CC1. The lowest BCUT2D eigenvalue weighted by molar-refractivity contribution is -0.384. The molecule has 0 bridgehead atoms. The number of carbonyl (C=O) groups is 1. The Bertz CT molecular complexity index is 1300. The number of amides is 1. The summed E-state index contributed by atoms with van der Waals surface area (Å²) in [6.07, 6.45) is 1.23. The second-order valence-corrected chi connectivity index (χ2v) is 9.36. The van der Waals surface area contributed by atoms with Crippen molar-refractivity contribution >= 4 is 23.4 Å². The Kier molecular flexibility index (Phi) is 9.30. The molecule has 0 saturated heterocycles. The van der Waals surface area contributed by atoms with Gasteiger partial charge in [-0.1, -0.05) is 24.3 Å². The molecule has 0 spiro atoms. The first-order valence-electron chi connectivity index (χ1n) is 12.7. The van der Waals surface area contributed by atoms with Crippen molar-refractivity contribution < 1.29 is 27.6 Å². The molecule has 1 aliphatic rings. The number of pyridine rings is 1. The first kappa shape index (κ1) is 28.5. The summed E-state index contributed by atoms with van der Waals surface area (Å²) >= 11 is 0. The van der Waals surface area contributed by atoms with E-state index in [1.807, 2.05) is 6.07 Å². The third-order valence-electron chi connectivity index (χ3n) is 6.44. The topological polar surface area (TPSA) is 144 Å². The predicted molar refractivity (Wildman–Crippen MR) is 139 cm³/mol. The second-order valence-electron chi connectivity index (χ2n) is 9.36. The molecule has 14 heteroatoms. The summed E-state index contributed by atoms with van der Waals surface area (Å²) in [5.41, 5.74) is 0.596. The molecule has 0 aliphatic heterocycles. The zero-order valence-electron chi connectivity index (χ0n) is 21.4. The molecule has 1 amide bonds. The molecule has 1 saturated carbocycles. The van der Waals surface area contributed by atoms with Gasteiger partial charge >= 0.3 is 12.0 Å².